The molecule has 1 heterocycles. The number of benzene rings is 2. The van der Waals surface area contributed by atoms with Crippen molar-refractivity contribution in [2.75, 3.05) is 5.73 Å². The number of tetrazole rings is 1. The molecule has 0 saturated heterocycles. The van der Waals surface area contributed by atoms with Crippen LogP contribution in [0.25, 0.3) is 17.1 Å². The lowest BCUT2D eigenvalue weighted by molar-refractivity contribution is 0.628. The summed E-state index contributed by atoms with van der Waals surface area (Å²) in [6.45, 7) is 0. The van der Waals surface area contributed by atoms with Crippen molar-refractivity contribution >= 4 is 33.2 Å². The summed E-state index contributed by atoms with van der Waals surface area (Å²) >= 11 is 9.54. The monoisotopic (exact) mass is 367 g/mol. The van der Waals surface area contributed by atoms with Gasteiger partial charge in [0.05, 0.1) is 10.7 Å². The Kier molecular flexibility index (Phi) is 3.60. The molecular weight excluding hydrogens is 361 g/mol. The molecule has 0 fully saturated rings. The normalized spacial score (nSPS) is 10.8. The molecular formula is C13H8BrClFN5. The van der Waals surface area contributed by atoms with Crippen molar-refractivity contribution in [3.8, 4) is 17.1 Å². The topological polar surface area (TPSA) is 69.6 Å². The van der Waals surface area contributed by atoms with Gasteiger partial charge in [0, 0.05) is 15.7 Å². The van der Waals surface area contributed by atoms with Gasteiger partial charge < -0.3 is 5.73 Å². The third-order valence-corrected chi connectivity index (χ3v) is 3.60. The number of hydrogen-bond acceptors (Lipinski definition) is 4. The molecule has 2 aromatic carbocycles. The van der Waals surface area contributed by atoms with Crippen LogP contribution in [-0.4, -0.2) is 20.2 Å². The molecule has 5 nitrogen and oxygen atoms in total. The Labute approximate surface area is 132 Å². The Balaban J connectivity index is 2.19. The fraction of sp³-hybridized carbons (Fsp3) is 0. The Morgan fingerprint density at radius 2 is 2.00 bits per heavy atom. The molecule has 0 unspecified atom stereocenters. The van der Waals surface area contributed by atoms with E-state index in [-0.39, 0.29) is 0 Å². The Morgan fingerprint density at radius 1 is 1.19 bits per heavy atom. The fourth-order valence-corrected chi connectivity index (χ4v) is 2.47. The molecule has 0 aliphatic carbocycles. The summed E-state index contributed by atoms with van der Waals surface area (Å²) in [7, 11) is 0. The van der Waals surface area contributed by atoms with Gasteiger partial charge in [-0.1, -0.05) is 27.5 Å². The standard InChI is InChI=1S/C13H8BrClFN5/c14-8-1-2-11(15)12(5-8)21-13(18-19-20-21)7-3-9(16)6-10(17)4-7/h1-6H,17H2. The first kappa shape index (κ1) is 14.0. The summed E-state index contributed by atoms with van der Waals surface area (Å²) in [4.78, 5) is 0. The SMILES string of the molecule is Nc1cc(F)cc(-c2nnnn2-c2cc(Br)ccc2Cl)c1. The highest BCUT2D eigenvalue weighted by atomic mass is 79.9. The molecule has 1 aromatic heterocycles. The number of anilines is 1. The van der Waals surface area contributed by atoms with Crippen LogP contribution in [0.3, 0.4) is 0 Å². The first-order chi connectivity index (χ1) is 10.0. The number of nitrogens with two attached hydrogens (primary N) is 1. The van der Waals surface area contributed by atoms with Crippen molar-refractivity contribution in [3.05, 3.63) is 51.7 Å². The van der Waals surface area contributed by atoms with Crippen molar-refractivity contribution in [3.63, 3.8) is 0 Å². The van der Waals surface area contributed by atoms with Crippen molar-refractivity contribution in [2.45, 2.75) is 0 Å². The van der Waals surface area contributed by atoms with Crippen molar-refractivity contribution < 1.29 is 4.39 Å². The minimum absolute atomic E-state index is 0.292. The fourth-order valence-electron chi connectivity index (χ4n) is 1.92. The van der Waals surface area contributed by atoms with E-state index in [9.17, 15) is 4.39 Å². The molecule has 3 rings (SSSR count). The lowest BCUT2D eigenvalue weighted by Gasteiger charge is -2.08. The molecule has 0 aliphatic heterocycles. The lowest BCUT2D eigenvalue weighted by Crippen LogP contribution is -2.01. The first-order valence-electron chi connectivity index (χ1n) is 5.85. The van der Waals surface area contributed by atoms with Crippen LogP contribution < -0.4 is 5.73 Å². The number of rotatable bonds is 2. The Morgan fingerprint density at radius 3 is 2.76 bits per heavy atom. The second kappa shape index (κ2) is 5.42. The van der Waals surface area contributed by atoms with Gasteiger partial charge in [-0.15, -0.1) is 5.10 Å². The molecule has 0 atom stereocenters. The van der Waals surface area contributed by atoms with Crippen LogP contribution in [0.4, 0.5) is 10.1 Å². The number of nitrogen functional groups attached to an aromatic ring is 1. The summed E-state index contributed by atoms with van der Waals surface area (Å²) in [5.41, 5.74) is 6.99. The molecule has 0 spiro atoms. The average molecular weight is 369 g/mol. The van der Waals surface area contributed by atoms with Crippen LogP contribution in [0.2, 0.25) is 5.02 Å². The number of aromatic nitrogens is 4. The van der Waals surface area contributed by atoms with Crippen molar-refractivity contribution in [1.29, 1.82) is 0 Å². The molecule has 21 heavy (non-hydrogen) atoms. The van der Waals surface area contributed by atoms with Crippen molar-refractivity contribution in [2.24, 2.45) is 0 Å². The molecule has 106 valence electrons. The minimum atomic E-state index is -0.458. The predicted octanol–water partition coefficient (Wildman–Crippen LogP) is 3.47. The molecule has 0 aliphatic rings. The Bertz CT molecular complexity index is 800. The molecule has 0 bridgehead atoms. The van der Waals surface area contributed by atoms with E-state index in [1.807, 2.05) is 0 Å². The average Bonchev–Trinajstić information content (AvgIpc) is 2.89. The predicted molar refractivity (Wildman–Crippen MR) is 81.7 cm³/mol. The summed E-state index contributed by atoms with van der Waals surface area (Å²) in [5.74, 6) is -0.110. The first-order valence-corrected chi connectivity index (χ1v) is 7.02. The highest BCUT2D eigenvalue weighted by molar-refractivity contribution is 9.10. The van der Waals surface area contributed by atoms with Gasteiger partial charge in [0.1, 0.15) is 5.82 Å². The van der Waals surface area contributed by atoms with E-state index in [1.54, 1.807) is 24.3 Å². The zero-order valence-corrected chi connectivity index (χ0v) is 12.8. The van der Waals surface area contributed by atoms with Crippen LogP contribution >= 0.6 is 27.5 Å². The zero-order chi connectivity index (χ0) is 15.0. The molecule has 3 aromatic rings. The maximum Gasteiger partial charge on any atom is 0.187 e. The minimum Gasteiger partial charge on any atom is -0.399 e. The molecule has 8 heteroatoms. The quantitative estimate of drug-likeness (QED) is 0.703. The van der Waals surface area contributed by atoms with E-state index in [0.717, 1.165) is 4.47 Å². The van der Waals surface area contributed by atoms with Crippen molar-refractivity contribution in [1.82, 2.24) is 20.2 Å². The largest absolute Gasteiger partial charge is 0.399 e. The van der Waals surface area contributed by atoms with Gasteiger partial charge in [0.15, 0.2) is 5.82 Å². The summed E-state index contributed by atoms with van der Waals surface area (Å²) in [6.07, 6.45) is 0. The van der Waals surface area contributed by atoms with Gasteiger partial charge in [0.2, 0.25) is 0 Å². The third-order valence-electron chi connectivity index (χ3n) is 2.78. The van der Waals surface area contributed by atoms with Gasteiger partial charge in [-0.05, 0) is 46.8 Å². The molecule has 0 amide bonds. The highest BCUT2D eigenvalue weighted by Crippen LogP contribution is 2.28. The van der Waals surface area contributed by atoms with Gasteiger partial charge in [0.25, 0.3) is 0 Å². The van der Waals surface area contributed by atoms with Gasteiger partial charge in [-0.25, -0.2) is 4.39 Å². The van der Waals surface area contributed by atoms with Crippen LogP contribution in [0, 0.1) is 5.82 Å². The molecule has 0 saturated carbocycles. The lowest BCUT2D eigenvalue weighted by atomic mass is 10.2. The highest BCUT2D eigenvalue weighted by Gasteiger charge is 2.15. The van der Waals surface area contributed by atoms with E-state index >= 15 is 0 Å². The summed E-state index contributed by atoms with van der Waals surface area (Å²) < 4.78 is 15.8. The zero-order valence-electron chi connectivity index (χ0n) is 10.5. The van der Waals surface area contributed by atoms with Crippen LogP contribution in [-0.2, 0) is 0 Å². The van der Waals surface area contributed by atoms with Crippen LogP contribution in [0.5, 0.6) is 0 Å². The van der Waals surface area contributed by atoms with E-state index in [1.165, 1.54) is 16.8 Å². The number of hydrogen-bond donors (Lipinski definition) is 1. The maximum absolute atomic E-state index is 13.5. The van der Waals surface area contributed by atoms with E-state index in [4.69, 9.17) is 17.3 Å². The molecule has 2 N–H and O–H groups in total. The second-order valence-corrected chi connectivity index (χ2v) is 5.61. The third kappa shape index (κ3) is 2.74. The van der Waals surface area contributed by atoms with Gasteiger partial charge >= 0.3 is 0 Å². The number of nitrogens with zero attached hydrogens (tertiary/aromatic N) is 4. The van der Waals surface area contributed by atoms with E-state index in [2.05, 4.69) is 31.5 Å². The van der Waals surface area contributed by atoms with Crippen LogP contribution in [0.1, 0.15) is 0 Å². The Hall–Kier alpha value is -1.99. The molecule has 0 radical (unpaired) electrons. The van der Waals surface area contributed by atoms with Gasteiger partial charge in [-0.2, -0.15) is 4.68 Å². The number of halogens is 3. The second-order valence-electron chi connectivity index (χ2n) is 4.28. The maximum atomic E-state index is 13.5. The summed E-state index contributed by atoms with van der Waals surface area (Å²) in [5, 5.41) is 11.9. The smallest absolute Gasteiger partial charge is 0.187 e. The summed E-state index contributed by atoms with van der Waals surface area (Å²) in [6, 6.07) is 9.42. The van der Waals surface area contributed by atoms with Crippen LogP contribution in [0.15, 0.2) is 40.9 Å². The van der Waals surface area contributed by atoms with Gasteiger partial charge in [-0.3, -0.25) is 0 Å². The van der Waals surface area contributed by atoms with E-state index < -0.39 is 5.82 Å². The van der Waals surface area contributed by atoms with E-state index in [0.29, 0.717) is 27.8 Å².